The molecule has 2 aromatic heterocycles. The SMILES string of the molecule is CC1CN(c2ncnc3ccsc23)CC(CO)O1. The van der Waals surface area contributed by atoms with Gasteiger partial charge in [-0.1, -0.05) is 0 Å². The number of rotatable bonds is 2. The van der Waals surface area contributed by atoms with Crippen LogP contribution in [0.1, 0.15) is 6.92 Å². The summed E-state index contributed by atoms with van der Waals surface area (Å²) in [6.45, 7) is 3.52. The molecule has 2 atom stereocenters. The highest BCUT2D eigenvalue weighted by Gasteiger charge is 2.26. The number of morpholine rings is 1. The van der Waals surface area contributed by atoms with Gasteiger partial charge in [-0.3, -0.25) is 0 Å². The van der Waals surface area contributed by atoms with Gasteiger partial charge in [0.2, 0.25) is 0 Å². The zero-order valence-corrected chi connectivity index (χ0v) is 10.9. The minimum absolute atomic E-state index is 0.0412. The molecule has 1 aliphatic heterocycles. The number of hydrogen-bond acceptors (Lipinski definition) is 6. The molecule has 2 unspecified atom stereocenters. The molecule has 0 saturated carbocycles. The fraction of sp³-hybridized carbons (Fsp3) is 0.500. The number of aliphatic hydroxyl groups is 1. The summed E-state index contributed by atoms with van der Waals surface area (Å²) in [7, 11) is 0. The molecule has 6 heteroatoms. The van der Waals surface area contributed by atoms with E-state index in [9.17, 15) is 5.11 Å². The van der Waals surface area contributed by atoms with Crippen molar-refractivity contribution in [3.05, 3.63) is 17.8 Å². The molecule has 18 heavy (non-hydrogen) atoms. The zero-order valence-electron chi connectivity index (χ0n) is 10.1. The topological polar surface area (TPSA) is 58.5 Å². The predicted octanol–water partition coefficient (Wildman–Crippen LogP) is 1.28. The van der Waals surface area contributed by atoms with E-state index in [2.05, 4.69) is 14.9 Å². The molecule has 0 aliphatic carbocycles. The summed E-state index contributed by atoms with van der Waals surface area (Å²) in [6, 6.07) is 2.00. The molecule has 0 radical (unpaired) electrons. The number of fused-ring (bicyclic) bond motifs is 1. The van der Waals surface area contributed by atoms with Crippen LogP contribution in [-0.4, -0.2) is 47.0 Å². The van der Waals surface area contributed by atoms with E-state index in [1.165, 1.54) is 0 Å². The molecule has 3 rings (SSSR count). The number of thiophene rings is 1. The van der Waals surface area contributed by atoms with Crippen molar-refractivity contribution < 1.29 is 9.84 Å². The van der Waals surface area contributed by atoms with E-state index in [-0.39, 0.29) is 18.8 Å². The minimum Gasteiger partial charge on any atom is -0.394 e. The van der Waals surface area contributed by atoms with Crippen molar-refractivity contribution in [3.63, 3.8) is 0 Å². The molecule has 1 aliphatic rings. The lowest BCUT2D eigenvalue weighted by molar-refractivity contribution is -0.0422. The predicted molar refractivity (Wildman–Crippen MR) is 71.0 cm³/mol. The number of nitrogens with zero attached hydrogens (tertiary/aromatic N) is 3. The number of aliphatic hydroxyl groups excluding tert-OH is 1. The lowest BCUT2D eigenvalue weighted by Crippen LogP contribution is -2.48. The van der Waals surface area contributed by atoms with Crippen LogP contribution >= 0.6 is 11.3 Å². The fourth-order valence-corrected chi connectivity index (χ4v) is 3.18. The van der Waals surface area contributed by atoms with Gasteiger partial charge in [0.15, 0.2) is 0 Å². The Bertz CT molecular complexity index is 545. The number of hydrogen-bond donors (Lipinski definition) is 1. The van der Waals surface area contributed by atoms with Crippen LogP contribution in [0.3, 0.4) is 0 Å². The summed E-state index contributed by atoms with van der Waals surface area (Å²) in [6.07, 6.45) is 1.55. The first kappa shape index (κ1) is 11.8. The van der Waals surface area contributed by atoms with Crippen molar-refractivity contribution in [2.24, 2.45) is 0 Å². The van der Waals surface area contributed by atoms with Gasteiger partial charge in [-0.2, -0.15) is 0 Å². The zero-order chi connectivity index (χ0) is 12.5. The average molecular weight is 265 g/mol. The van der Waals surface area contributed by atoms with Crippen molar-refractivity contribution in [2.45, 2.75) is 19.1 Å². The standard InChI is InChI=1S/C12H15N3O2S/c1-8-4-15(5-9(6-16)17-8)12-11-10(2-3-18-11)13-7-14-12/h2-3,7-9,16H,4-6H2,1H3. The molecule has 1 N–H and O–H groups in total. The van der Waals surface area contributed by atoms with E-state index in [0.29, 0.717) is 6.54 Å². The molecule has 5 nitrogen and oxygen atoms in total. The number of aromatic nitrogens is 2. The fourth-order valence-electron chi connectivity index (χ4n) is 2.32. The van der Waals surface area contributed by atoms with Gasteiger partial charge in [0.1, 0.15) is 12.1 Å². The van der Waals surface area contributed by atoms with Crippen molar-refractivity contribution in [1.29, 1.82) is 0 Å². The third-order valence-corrected chi connectivity index (χ3v) is 3.95. The van der Waals surface area contributed by atoms with Crippen LogP contribution in [0.2, 0.25) is 0 Å². The molecule has 0 spiro atoms. The van der Waals surface area contributed by atoms with Gasteiger partial charge >= 0.3 is 0 Å². The molecular weight excluding hydrogens is 250 g/mol. The van der Waals surface area contributed by atoms with Crippen LogP contribution in [0.15, 0.2) is 17.8 Å². The smallest absolute Gasteiger partial charge is 0.150 e. The molecule has 3 heterocycles. The van der Waals surface area contributed by atoms with Gasteiger partial charge < -0.3 is 14.7 Å². The van der Waals surface area contributed by atoms with Gasteiger partial charge in [-0.05, 0) is 18.4 Å². The lowest BCUT2D eigenvalue weighted by atomic mass is 10.2. The summed E-state index contributed by atoms with van der Waals surface area (Å²) in [5.41, 5.74) is 0.977. The second-order valence-corrected chi connectivity index (χ2v) is 5.40. The van der Waals surface area contributed by atoms with Crippen LogP contribution in [0.4, 0.5) is 5.82 Å². The highest BCUT2D eigenvalue weighted by atomic mass is 32.1. The largest absolute Gasteiger partial charge is 0.394 e. The Morgan fingerprint density at radius 3 is 3.22 bits per heavy atom. The van der Waals surface area contributed by atoms with E-state index in [4.69, 9.17) is 4.74 Å². The van der Waals surface area contributed by atoms with Gasteiger partial charge in [0, 0.05) is 13.1 Å². The third-order valence-electron chi connectivity index (χ3n) is 3.05. The monoisotopic (exact) mass is 265 g/mol. The molecule has 96 valence electrons. The van der Waals surface area contributed by atoms with E-state index >= 15 is 0 Å². The van der Waals surface area contributed by atoms with Crippen LogP contribution in [0, 0.1) is 0 Å². The van der Waals surface area contributed by atoms with E-state index in [1.807, 2.05) is 18.4 Å². The number of anilines is 1. The van der Waals surface area contributed by atoms with Gasteiger partial charge in [-0.25, -0.2) is 9.97 Å². The quantitative estimate of drug-likeness (QED) is 0.886. The average Bonchev–Trinajstić information content (AvgIpc) is 2.85. The van der Waals surface area contributed by atoms with E-state index in [0.717, 1.165) is 22.6 Å². The molecule has 2 aromatic rings. The first-order chi connectivity index (χ1) is 8.78. The highest BCUT2D eigenvalue weighted by molar-refractivity contribution is 7.17. The van der Waals surface area contributed by atoms with Crippen molar-refractivity contribution >= 4 is 27.4 Å². The Labute approximate surface area is 109 Å². The summed E-state index contributed by atoms with van der Waals surface area (Å²) >= 11 is 1.65. The lowest BCUT2D eigenvalue weighted by Gasteiger charge is -2.36. The van der Waals surface area contributed by atoms with E-state index < -0.39 is 0 Å². The van der Waals surface area contributed by atoms with Crippen molar-refractivity contribution in [1.82, 2.24) is 9.97 Å². The maximum absolute atomic E-state index is 9.26. The van der Waals surface area contributed by atoms with Gasteiger partial charge in [0.05, 0.1) is 29.0 Å². The van der Waals surface area contributed by atoms with Gasteiger partial charge in [0.25, 0.3) is 0 Å². The molecule has 0 amide bonds. The second-order valence-electron chi connectivity index (χ2n) is 4.49. The molecule has 1 fully saturated rings. The number of ether oxygens (including phenoxy) is 1. The first-order valence-electron chi connectivity index (χ1n) is 5.97. The van der Waals surface area contributed by atoms with Crippen LogP contribution in [0.25, 0.3) is 10.2 Å². The summed E-state index contributed by atoms with van der Waals surface area (Å²) in [4.78, 5) is 10.8. The Hall–Kier alpha value is -1.24. The Morgan fingerprint density at radius 2 is 2.39 bits per heavy atom. The molecule has 0 bridgehead atoms. The molecular formula is C12H15N3O2S. The third kappa shape index (κ3) is 2.07. The molecule has 0 aromatic carbocycles. The van der Waals surface area contributed by atoms with Crippen molar-refractivity contribution in [2.75, 3.05) is 24.6 Å². The summed E-state index contributed by atoms with van der Waals surface area (Å²) < 4.78 is 6.75. The highest BCUT2D eigenvalue weighted by Crippen LogP contribution is 2.29. The van der Waals surface area contributed by atoms with Crippen LogP contribution in [0.5, 0.6) is 0 Å². The maximum Gasteiger partial charge on any atom is 0.150 e. The minimum atomic E-state index is -0.140. The van der Waals surface area contributed by atoms with Gasteiger partial charge in [-0.15, -0.1) is 11.3 Å². The normalized spacial score (nSPS) is 24.7. The Kier molecular flexibility index (Phi) is 3.15. The maximum atomic E-state index is 9.26. The summed E-state index contributed by atoms with van der Waals surface area (Å²) in [5, 5.41) is 11.3. The first-order valence-corrected chi connectivity index (χ1v) is 6.85. The van der Waals surface area contributed by atoms with Crippen LogP contribution < -0.4 is 4.90 Å². The molecule has 1 saturated heterocycles. The van der Waals surface area contributed by atoms with Crippen molar-refractivity contribution in [3.8, 4) is 0 Å². The Morgan fingerprint density at radius 1 is 1.50 bits per heavy atom. The Balaban J connectivity index is 1.96. The van der Waals surface area contributed by atoms with E-state index in [1.54, 1.807) is 17.7 Å². The summed E-state index contributed by atoms with van der Waals surface area (Å²) in [5.74, 6) is 0.948. The second kappa shape index (κ2) is 4.79. The van der Waals surface area contributed by atoms with Crippen LogP contribution in [-0.2, 0) is 4.74 Å².